The minimum absolute atomic E-state index is 0.241. The maximum absolute atomic E-state index is 5.86. The average molecular weight is 284 g/mol. The van der Waals surface area contributed by atoms with Gasteiger partial charge >= 0.3 is 0 Å². The lowest BCUT2D eigenvalue weighted by Gasteiger charge is -2.10. The first-order chi connectivity index (χ1) is 9.65. The average Bonchev–Trinajstić information content (AvgIpc) is 2.84. The SMILES string of the molecule is Cc1cc(Oc2c(C(N)=S)cnc3ccccc23)n[nH]1. The molecule has 0 aliphatic heterocycles. The molecule has 0 bridgehead atoms. The molecule has 0 atom stereocenters. The standard InChI is InChI=1S/C14H12N4OS/c1-8-6-12(18-17-8)19-13-9-4-2-3-5-11(9)16-7-10(13)14(15)20/h2-7H,1H3,(H2,15,20)(H,17,18). The number of aromatic amines is 1. The van der Waals surface area contributed by atoms with Gasteiger partial charge < -0.3 is 10.5 Å². The molecule has 0 aliphatic carbocycles. The van der Waals surface area contributed by atoms with Crippen molar-refractivity contribution in [2.24, 2.45) is 5.73 Å². The minimum atomic E-state index is 0.241. The summed E-state index contributed by atoms with van der Waals surface area (Å²) < 4.78 is 5.86. The number of nitrogens with zero attached hydrogens (tertiary/aromatic N) is 2. The van der Waals surface area contributed by atoms with E-state index in [0.29, 0.717) is 17.2 Å². The van der Waals surface area contributed by atoms with E-state index in [2.05, 4.69) is 15.2 Å². The van der Waals surface area contributed by atoms with Crippen LogP contribution in [0.25, 0.3) is 10.9 Å². The number of nitrogens with two attached hydrogens (primary N) is 1. The predicted octanol–water partition coefficient (Wildman–Crippen LogP) is 2.69. The van der Waals surface area contributed by atoms with Gasteiger partial charge in [0.05, 0.1) is 11.1 Å². The van der Waals surface area contributed by atoms with Crippen molar-refractivity contribution in [3.8, 4) is 11.6 Å². The summed E-state index contributed by atoms with van der Waals surface area (Å²) >= 11 is 5.06. The number of pyridine rings is 1. The first kappa shape index (κ1) is 12.6. The van der Waals surface area contributed by atoms with E-state index in [1.165, 1.54) is 0 Å². The van der Waals surface area contributed by atoms with E-state index in [4.69, 9.17) is 22.7 Å². The van der Waals surface area contributed by atoms with Gasteiger partial charge in [0.1, 0.15) is 4.99 Å². The third-order valence-electron chi connectivity index (χ3n) is 2.88. The molecular weight excluding hydrogens is 272 g/mol. The summed E-state index contributed by atoms with van der Waals surface area (Å²) in [4.78, 5) is 4.58. The Morgan fingerprint density at radius 3 is 2.85 bits per heavy atom. The molecule has 0 unspecified atom stereocenters. The quantitative estimate of drug-likeness (QED) is 0.723. The highest BCUT2D eigenvalue weighted by Crippen LogP contribution is 2.31. The molecule has 0 saturated heterocycles. The third kappa shape index (κ3) is 2.21. The molecule has 0 amide bonds. The molecule has 2 aromatic heterocycles. The number of fused-ring (bicyclic) bond motifs is 1. The smallest absolute Gasteiger partial charge is 0.238 e. The second-order valence-electron chi connectivity index (χ2n) is 4.37. The van der Waals surface area contributed by atoms with Crippen molar-refractivity contribution in [2.75, 3.05) is 0 Å². The maximum Gasteiger partial charge on any atom is 0.238 e. The number of hydrogen-bond donors (Lipinski definition) is 2. The van der Waals surface area contributed by atoms with Gasteiger partial charge in [-0.1, -0.05) is 24.4 Å². The number of aryl methyl sites for hydroxylation is 1. The molecule has 3 N–H and O–H groups in total. The molecular formula is C14H12N4OS. The van der Waals surface area contributed by atoms with Crippen LogP contribution in [0.2, 0.25) is 0 Å². The van der Waals surface area contributed by atoms with E-state index in [9.17, 15) is 0 Å². The van der Waals surface area contributed by atoms with Gasteiger partial charge in [0.15, 0.2) is 5.75 Å². The van der Waals surface area contributed by atoms with Crippen molar-refractivity contribution in [1.82, 2.24) is 15.2 Å². The number of thiocarbonyl (C=S) groups is 1. The second-order valence-corrected chi connectivity index (χ2v) is 4.81. The van der Waals surface area contributed by atoms with Gasteiger partial charge in [-0.15, -0.1) is 5.10 Å². The molecule has 0 fully saturated rings. The predicted molar refractivity (Wildman–Crippen MR) is 81.0 cm³/mol. The zero-order chi connectivity index (χ0) is 14.1. The lowest BCUT2D eigenvalue weighted by Crippen LogP contribution is -2.11. The second kappa shape index (κ2) is 4.90. The first-order valence-electron chi connectivity index (χ1n) is 6.02. The van der Waals surface area contributed by atoms with Crippen LogP contribution < -0.4 is 10.5 Å². The summed E-state index contributed by atoms with van der Waals surface area (Å²) in [5.74, 6) is 1.05. The van der Waals surface area contributed by atoms with Gasteiger partial charge in [-0.3, -0.25) is 10.1 Å². The summed E-state index contributed by atoms with van der Waals surface area (Å²) in [6, 6.07) is 9.45. The van der Waals surface area contributed by atoms with Crippen molar-refractivity contribution in [3.05, 3.63) is 47.8 Å². The first-order valence-corrected chi connectivity index (χ1v) is 6.43. The van der Waals surface area contributed by atoms with E-state index in [1.54, 1.807) is 12.3 Å². The molecule has 5 nitrogen and oxygen atoms in total. The fraction of sp³-hybridized carbons (Fsp3) is 0.0714. The minimum Gasteiger partial charge on any atom is -0.436 e. The zero-order valence-electron chi connectivity index (χ0n) is 10.8. The lowest BCUT2D eigenvalue weighted by atomic mass is 10.1. The molecule has 100 valence electrons. The van der Waals surface area contributed by atoms with Gasteiger partial charge in [-0.2, -0.15) is 0 Å². The van der Waals surface area contributed by atoms with Gasteiger partial charge in [0, 0.05) is 23.3 Å². The summed E-state index contributed by atoms with van der Waals surface area (Å²) in [6.07, 6.45) is 1.62. The summed E-state index contributed by atoms with van der Waals surface area (Å²) in [5, 5.41) is 7.74. The van der Waals surface area contributed by atoms with E-state index in [0.717, 1.165) is 16.6 Å². The van der Waals surface area contributed by atoms with Crippen molar-refractivity contribution in [1.29, 1.82) is 0 Å². The summed E-state index contributed by atoms with van der Waals surface area (Å²) in [6.45, 7) is 1.90. The third-order valence-corrected chi connectivity index (χ3v) is 3.10. The molecule has 0 radical (unpaired) electrons. The Kier molecular flexibility index (Phi) is 3.08. The number of para-hydroxylation sites is 1. The van der Waals surface area contributed by atoms with Crippen LogP contribution in [0.5, 0.6) is 11.6 Å². The number of rotatable bonds is 3. The van der Waals surface area contributed by atoms with Crippen molar-refractivity contribution in [2.45, 2.75) is 6.92 Å². The van der Waals surface area contributed by atoms with Crippen molar-refractivity contribution >= 4 is 28.1 Å². The van der Waals surface area contributed by atoms with Crippen molar-refractivity contribution < 1.29 is 4.74 Å². The Hall–Kier alpha value is -2.47. The highest BCUT2D eigenvalue weighted by atomic mass is 32.1. The maximum atomic E-state index is 5.86. The molecule has 6 heteroatoms. The lowest BCUT2D eigenvalue weighted by molar-refractivity contribution is 0.465. The van der Waals surface area contributed by atoms with Crippen LogP contribution in [0.3, 0.4) is 0 Å². The summed E-state index contributed by atoms with van der Waals surface area (Å²) in [5.41, 5.74) is 8.07. The highest BCUT2D eigenvalue weighted by Gasteiger charge is 2.14. The van der Waals surface area contributed by atoms with Gasteiger partial charge in [-0.05, 0) is 19.1 Å². The van der Waals surface area contributed by atoms with Crippen LogP contribution in [-0.2, 0) is 0 Å². The van der Waals surface area contributed by atoms with E-state index >= 15 is 0 Å². The highest BCUT2D eigenvalue weighted by molar-refractivity contribution is 7.80. The Morgan fingerprint density at radius 2 is 2.15 bits per heavy atom. The fourth-order valence-corrected chi connectivity index (χ4v) is 2.10. The number of aromatic nitrogens is 3. The van der Waals surface area contributed by atoms with E-state index < -0.39 is 0 Å². The van der Waals surface area contributed by atoms with Gasteiger partial charge in [-0.25, -0.2) is 0 Å². The number of H-pyrrole nitrogens is 1. The molecule has 1 aromatic carbocycles. The molecule has 2 heterocycles. The molecule has 0 saturated carbocycles. The van der Waals surface area contributed by atoms with Crippen LogP contribution in [0, 0.1) is 6.92 Å². The van der Waals surface area contributed by atoms with E-state index in [-0.39, 0.29) is 4.99 Å². The Balaban J connectivity index is 2.19. The summed E-state index contributed by atoms with van der Waals surface area (Å²) in [7, 11) is 0. The fourth-order valence-electron chi connectivity index (χ4n) is 1.95. The molecule has 3 rings (SSSR count). The molecule has 0 spiro atoms. The normalized spacial score (nSPS) is 10.7. The number of ether oxygens (including phenoxy) is 1. The molecule has 3 aromatic rings. The van der Waals surface area contributed by atoms with E-state index in [1.807, 2.05) is 31.2 Å². The largest absolute Gasteiger partial charge is 0.436 e. The topological polar surface area (TPSA) is 76.8 Å². The number of benzene rings is 1. The Labute approximate surface area is 120 Å². The Morgan fingerprint density at radius 1 is 1.35 bits per heavy atom. The van der Waals surface area contributed by atoms with Crippen LogP contribution in [0.4, 0.5) is 0 Å². The van der Waals surface area contributed by atoms with Crippen LogP contribution >= 0.6 is 12.2 Å². The van der Waals surface area contributed by atoms with Crippen LogP contribution in [-0.4, -0.2) is 20.2 Å². The molecule has 0 aliphatic rings. The van der Waals surface area contributed by atoms with Gasteiger partial charge in [0.25, 0.3) is 0 Å². The van der Waals surface area contributed by atoms with Crippen molar-refractivity contribution in [3.63, 3.8) is 0 Å². The zero-order valence-corrected chi connectivity index (χ0v) is 11.6. The van der Waals surface area contributed by atoms with Gasteiger partial charge in [0.2, 0.25) is 5.88 Å². The van der Waals surface area contributed by atoms with Crippen LogP contribution in [0.15, 0.2) is 36.5 Å². The number of nitrogens with one attached hydrogen (secondary N) is 1. The Bertz CT molecular complexity index is 797. The molecule has 20 heavy (non-hydrogen) atoms. The number of hydrogen-bond acceptors (Lipinski definition) is 4. The monoisotopic (exact) mass is 284 g/mol. The van der Waals surface area contributed by atoms with Crippen LogP contribution in [0.1, 0.15) is 11.3 Å².